The second-order valence-corrected chi connectivity index (χ2v) is 8.59. The van der Waals surface area contributed by atoms with Gasteiger partial charge in [0.05, 0.1) is 6.54 Å². The number of halogens is 1. The van der Waals surface area contributed by atoms with Gasteiger partial charge in [0.2, 0.25) is 0 Å². The Morgan fingerprint density at radius 2 is 1.74 bits per heavy atom. The molecule has 1 saturated heterocycles. The molecule has 0 aromatic rings. The Hall–Kier alpha value is -0.0800. The lowest BCUT2D eigenvalue weighted by molar-refractivity contribution is 0.0925. The van der Waals surface area contributed by atoms with E-state index in [2.05, 4.69) is 48.3 Å². The van der Waals surface area contributed by atoms with Crippen LogP contribution in [0.25, 0.3) is 0 Å². The first-order valence-electron chi connectivity index (χ1n) is 11.0. The van der Waals surface area contributed by atoms with E-state index in [-0.39, 0.29) is 24.0 Å². The van der Waals surface area contributed by atoms with Gasteiger partial charge in [-0.1, -0.05) is 39.5 Å². The van der Waals surface area contributed by atoms with Crippen LogP contribution in [0.2, 0.25) is 0 Å². The molecule has 6 heteroatoms. The van der Waals surface area contributed by atoms with Crippen LogP contribution in [0.4, 0.5) is 0 Å². The van der Waals surface area contributed by atoms with Gasteiger partial charge in [-0.05, 0) is 38.6 Å². The Labute approximate surface area is 185 Å². The zero-order chi connectivity index (χ0) is 18.8. The average Bonchev–Trinajstić information content (AvgIpc) is 3.13. The number of hydrogen-bond donors (Lipinski definition) is 2. The highest BCUT2D eigenvalue weighted by atomic mass is 127. The molecule has 0 bridgehead atoms. The Balaban J connectivity index is 0.00000364. The van der Waals surface area contributed by atoms with Crippen LogP contribution >= 0.6 is 24.0 Å². The fraction of sp³-hybridized carbons (Fsp3) is 0.952. The van der Waals surface area contributed by atoms with Crippen molar-refractivity contribution < 1.29 is 0 Å². The van der Waals surface area contributed by atoms with Crippen molar-refractivity contribution in [2.45, 2.75) is 65.3 Å². The first-order valence-corrected chi connectivity index (χ1v) is 11.0. The summed E-state index contributed by atoms with van der Waals surface area (Å²) in [6.45, 7) is 14.4. The molecule has 0 radical (unpaired) electrons. The van der Waals surface area contributed by atoms with Crippen LogP contribution in [0.1, 0.15) is 59.3 Å². The van der Waals surface area contributed by atoms with E-state index in [1.165, 1.54) is 64.7 Å². The fourth-order valence-corrected chi connectivity index (χ4v) is 4.32. The van der Waals surface area contributed by atoms with Crippen LogP contribution in [0.5, 0.6) is 0 Å². The molecule has 1 saturated carbocycles. The van der Waals surface area contributed by atoms with Crippen molar-refractivity contribution in [2.75, 3.05) is 52.9 Å². The summed E-state index contributed by atoms with van der Waals surface area (Å²) in [5.41, 5.74) is 0. The second kappa shape index (κ2) is 14.0. The third kappa shape index (κ3) is 9.31. The van der Waals surface area contributed by atoms with E-state index in [0.717, 1.165) is 31.5 Å². The summed E-state index contributed by atoms with van der Waals surface area (Å²) in [5, 5.41) is 6.99. The number of nitrogens with one attached hydrogen (secondary N) is 2. The van der Waals surface area contributed by atoms with Gasteiger partial charge in [0.1, 0.15) is 0 Å². The van der Waals surface area contributed by atoms with Crippen LogP contribution in [-0.2, 0) is 0 Å². The van der Waals surface area contributed by atoms with Crippen molar-refractivity contribution in [3.8, 4) is 0 Å². The van der Waals surface area contributed by atoms with Gasteiger partial charge < -0.3 is 15.5 Å². The molecule has 0 spiro atoms. The predicted molar refractivity (Wildman–Crippen MR) is 128 cm³/mol. The van der Waals surface area contributed by atoms with Crippen molar-refractivity contribution in [3.05, 3.63) is 0 Å². The van der Waals surface area contributed by atoms with E-state index in [1.54, 1.807) is 0 Å². The van der Waals surface area contributed by atoms with Crippen LogP contribution < -0.4 is 10.6 Å². The minimum absolute atomic E-state index is 0. The molecule has 2 rings (SSSR count). The molecule has 2 N–H and O–H groups in total. The van der Waals surface area contributed by atoms with Crippen LogP contribution in [0.15, 0.2) is 4.99 Å². The summed E-state index contributed by atoms with van der Waals surface area (Å²) < 4.78 is 0. The van der Waals surface area contributed by atoms with Crippen molar-refractivity contribution in [1.82, 2.24) is 20.4 Å². The quantitative estimate of drug-likeness (QED) is 0.224. The molecule has 160 valence electrons. The number of likely N-dealkylation sites (N-methyl/N-ethyl adjacent to an activating group) is 1. The molecule has 1 unspecified atom stereocenters. The molecule has 1 heterocycles. The molecule has 0 amide bonds. The van der Waals surface area contributed by atoms with Crippen molar-refractivity contribution in [3.63, 3.8) is 0 Å². The second-order valence-electron chi connectivity index (χ2n) is 8.59. The standard InChI is InChI=1S/C21H43N5.HI/c1-5-22-21(23-12-8-11-19-9-6-7-10-19)24-17-20(18(2)3)26-15-13-25(4)14-16-26;/h18-20H,5-17H2,1-4H3,(H2,22,23,24);1H. The lowest BCUT2D eigenvalue weighted by Crippen LogP contribution is -2.52. The van der Waals surface area contributed by atoms with E-state index in [1.807, 2.05) is 0 Å². The maximum absolute atomic E-state index is 4.94. The normalized spacial score (nSPS) is 21.3. The van der Waals surface area contributed by atoms with Gasteiger partial charge in [0.15, 0.2) is 5.96 Å². The number of piperazine rings is 1. The Morgan fingerprint density at radius 3 is 2.33 bits per heavy atom. The van der Waals surface area contributed by atoms with Crippen molar-refractivity contribution in [2.24, 2.45) is 16.8 Å². The number of nitrogens with zero attached hydrogens (tertiary/aromatic N) is 3. The molecule has 27 heavy (non-hydrogen) atoms. The van der Waals surface area contributed by atoms with Gasteiger partial charge in [0, 0.05) is 45.3 Å². The van der Waals surface area contributed by atoms with Gasteiger partial charge in [-0.25, -0.2) is 0 Å². The monoisotopic (exact) mass is 493 g/mol. The summed E-state index contributed by atoms with van der Waals surface area (Å²) in [6.07, 6.45) is 8.45. The molecule has 2 fully saturated rings. The highest BCUT2D eigenvalue weighted by molar-refractivity contribution is 14.0. The number of hydrogen-bond acceptors (Lipinski definition) is 3. The molecule has 1 atom stereocenters. The highest BCUT2D eigenvalue weighted by Gasteiger charge is 2.24. The van der Waals surface area contributed by atoms with E-state index in [0.29, 0.717) is 12.0 Å². The Kier molecular flexibility index (Phi) is 12.9. The topological polar surface area (TPSA) is 42.9 Å². The zero-order valence-electron chi connectivity index (χ0n) is 18.2. The van der Waals surface area contributed by atoms with Gasteiger partial charge in [0.25, 0.3) is 0 Å². The van der Waals surface area contributed by atoms with Gasteiger partial charge >= 0.3 is 0 Å². The molecular formula is C21H44IN5. The van der Waals surface area contributed by atoms with E-state index >= 15 is 0 Å². The maximum atomic E-state index is 4.94. The molecule has 0 aromatic carbocycles. The van der Waals surface area contributed by atoms with E-state index in [4.69, 9.17) is 4.99 Å². The smallest absolute Gasteiger partial charge is 0.191 e. The zero-order valence-corrected chi connectivity index (χ0v) is 20.5. The lowest BCUT2D eigenvalue weighted by atomic mass is 10.0. The molecule has 2 aliphatic rings. The maximum Gasteiger partial charge on any atom is 0.191 e. The summed E-state index contributed by atoms with van der Waals surface area (Å²) in [7, 11) is 2.22. The third-order valence-electron chi connectivity index (χ3n) is 6.11. The average molecular weight is 494 g/mol. The van der Waals surface area contributed by atoms with Crippen LogP contribution in [0, 0.1) is 11.8 Å². The molecule has 1 aliphatic heterocycles. The summed E-state index contributed by atoms with van der Waals surface area (Å²) >= 11 is 0. The third-order valence-corrected chi connectivity index (χ3v) is 6.11. The first-order chi connectivity index (χ1) is 12.6. The minimum atomic E-state index is 0. The minimum Gasteiger partial charge on any atom is -0.357 e. The van der Waals surface area contributed by atoms with Crippen LogP contribution in [0.3, 0.4) is 0 Å². The largest absolute Gasteiger partial charge is 0.357 e. The number of rotatable bonds is 9. The summed E-state index contributed by atoms with van der Waals surface area (Å²) in [6, 6.07) is 0.539. The molecule has 1 aliphatic carbocycles. The van der Waals surface area contributed by atoms with Gasteiger partial charge in [-0.3, -0.25) is 9.89 Å². The van der Waals surface area contributed by atoms with Crippen LogP contribution in [-0.4, -0.2) is 74.7 Å². The summed E-state index contributed by atoms with van der Waals surface area (Å²) in [4.78, 5) is 10.00. The lowest BCUT2D eigenvalue weighted by Gasteiger charge is -2.39. The van der Waals surface area contributed by atoms with Gasteiger partial charge in [-0.15, -0.1) is 24.0 Å². The molecule has 5 nitrogen and oxygen atoms in total. The Morgan fingerprint density at radius 1 is 1.07 bits per heavy atom. The number of aliphatic imine (C=N–C) groups is 1. The van der Waals surface area contributed by atoms with E-state index < -0.39 is 0 Å². The summed E-state index contributed by atoms with van der Waals surface area (Å²) in [5.74, 6) is 2.62. The predicted octanol–water partition coefficient (Wildman–Crippen LogP) is 3.40. The number of guanidine groups is 1. The van der Waals surface area contributed by atoms with E-state index in [9.17, 15) is 0 Å². The SMILES string of the molecule is CCNC(=NCC(C(C)C)N1CCN(C)CC1)NCCCC1CCCC1.I. The van der Waals surface area contributed by atoms with Crippen molar-refractivity contribution in [1.29, 1.82) is 0 Å². The first kappa shape index (κ1) is 25.0. The van der Waals surface area contributed by atoms with Gasteiger partial charge in [-0.2, -0.15) is 0 Å². The molecular weight excluding hydrogens is 449 g/mol. The molecule has 0 aromatic heterocycles. The van der Waals surface area contributed by atoms with Crippen molar-refractivity contribution >= 4 is 29.9 Å². The highest BCUT2D eigenvalue weighted by Crippen LogP contribution is 2.28. The Bertz CT molecular complexity index is 401. The fourth-order valence-electron chi connectivity index (χ4n) is 4.32.